The first-order valence-corrected chi connectivity index (χ1v) is 5.36. The number of carbonyl (C=O) groups is 1. The first-order chi connectivity index (χ1) is 6.54. The molecule has 0 spiro atoms. The standard InChI is InChI=1S/C11H22O3/c1-9(2)14-8-6-4-5-7-11(13)10(3)12/h9-10,12H,4-8H2,1-3H3. The molecule has 1 N–H and O–H groups in total. The van der Waals surface area contributed by atoms with Gasteiger partial charge in [-0.3, -0.25) is 4.79 Å². The van der Waals surface area contributed by atoms with Gasteiger partial charge in [0.15, 0.2) is 5.78 Å². The minimum atomic E-state index is -0.804. The Bertz CT molecular complexity index is 153. The van der Waals surface area contributed by atoms with Crippen molar-refractivity contribution in [3.05, 3.63) is 0 Å². The molecule has 0 fully saturated rings. The monoisotopic (exact) mass is 202 g/mol. The summed E-state index contributed by atoms with van der Waals surface area (Å²) in [5.41, 5.74) is 0. The lowest BCUT2D eigenvalue weighted by atomic mass is 10.1. The number of Topliss-reactive ketones (excluding diaryl/α,β-unsaturated/α-hetero) is 1. The fourth-order valence-corrected chi connectivity index (χ4v) is 1.11. The molecule has 3 nitrogen and oxygen atoms in total. The SMILES string of the molecule is CC(C)OCCCCCC(=O)C(C)O. The number of unbranched alkanes of at least 4 members (excludes halogenated alkanes) is 2. The van der Waals surface area contributed by atoms with Gasteiger partial charge < -0.3 is 9.84 Å². The van der Waals surface area contributed by atoms with E-state index in [1.54, 1.807) is 0 Å². The number of rotatable bonds is 8. The van der Waals surface area contributed by atoms with E-state index in [2.05, 4.69) is 0 Å². The normalized spacial score (nSPS) is 13.2. The van der Waals surface area contributed by atoms with E-state index in [1.807, 2.05) is 13.8 Å². The van der Waals surface area contributed by atoms with Crippen molar-refractivity contribution in [3.8, 4) is 0 Å². The van der Waals surface area contributed by atoms with Crippen LogP contribution in [0.25, 0.3) is 0 Å². The molecule has 0 aliphatic rings. The highest BCUT2D eigenvalue weighted by molar-refractivity contribution is 5.82. The number of carbonyl (C=O) groups excluding carboxylic acids is 1. The predicted octanol–water partition coefficient (Wildman–Crippen LogP) is 1.92. The topological polar surface area (TPSA) is 46.5 Å². The maximum atomic E-state index is 11.0. The molecule has 0 aromatic rings. The maximum absolute atomic E-state index is 11.0. The van der Waals surface area contributed by atoms with E-state index in [1.165, 1.54) is 6.92 Å². The van der Waals surface area contributed by atoms with E-state index in [4.69, 9.17) is 9.84 Å². The fourth-order valence-electron chi connectivity index (χ4n) is 1.11. The molecule has 0 amide bonds. The number of ketones is 1. The van der Waals surface area contributed by atoms with Crippen molar-refractivity contribution in [1.29, 1.82) is 0 Å². The van der Waals surface area contributed by atoms with Gasteiger partial charge >= 0.3 is 0 Å². The Labute approximate surface area is 86.5 Å². The summed E-state index contributed by atoms with van der Waals surface area (Å²) in [6.07, 6.45) is 2.80. The van der Waals surface area contributed by atoms with Crippen molar-refractivity contribution in [3.63, 3.8) is 0 Å². The second kappa shape index (κ2) is 7.94. The zero-order valence-electron chi connectivity index (χ0n) is 9.45. The Hall–Kier alpha value is -0.410. The second-order valence-corrected chi connectivity index (χ2v) is 3.87. The van der Waals surface area contributed by atoms with Crippen LogP contribution in [0.3, 0.4) is 0 Å². The summed E-state index contributed by atoms with van der Waals surface area (Å²) in [6, 6.07) is 0. The molecule has 0 aliphatic heterocycles. The molecule has 0 rings (SSSR count). The Kier molecular flexibility index (Phi) is 7.71. The minimum Gasteiger partial charge on any atom is -0.386 e. The van der Waals surface area contributed by atoms with Crippen molar-refractivity contribution in [2.24, 2.45) is 0 Å². The summed E-state index contributed by atoms with van der Waals surface area (Å²) >= 11 is 0. The molecule has 0 bridgehead atoms. The van der Waals surface area contributed by atoms with Crippen LogP contribution >= 0.6 is 0 Å². The molecular formula is C11H22O3. The number of aliphatic hydroxyl groups excluding tert-OH is 1. The predicted molar refractivity (Wildman–Crippen MR) is 56.2 cm³/mol. The van der Waals surface area contributed by atoms with Crippen molar-refractivity contribution in [1.82, 2.24) is 0 Å². The lowest BCUT2D eigenvalue weighted by Gasteiger charge is -2.07. The third kappa shape index (κ3) is 8.20. The summed E-state index contributed by atoms with van der Waals surface area (Å²) < 4.78 is 5.36. The van der Waals surface area contributed by atoms with Crippen molar-refractivity contribution < 1.29 is 14.6 Å². The third-order valence-corrected chi connectivity index (χ3v) is 1.98. The van der Waals surface area contributed by atoms with E-state index >= 15 is 0 Å². The smallest absolute Gasteiger partial charge is 0.160 e. The molecule has 0 saturated carbocycles. The quantitative estimate of drug-likeness (QED) is 0.612. The molecule has 84 valence electrons. The largest absolute Gasteiger partial charge is 0.386 e. The van der Waals surface area contributed by atoms with E-state index in [0.29, 0.717) is 6.42 Å². The lowest BCUT2D eigenvalue weighted by molar-refractivity contribution is -0.126. The Morgan fingerprint density at radius 2 is 1.86 bits per heavy atom. The van der Waals surface area contributed by atoms with E-state index in [0.717, 1.165) is 25.9 Å². The van der Waals surface area contributed by atoms with Gasteiger partial charge in [-0.1, -0.05) is 6.42 Å². The van der Waals surface area contributed by atoms with Crippen LogP contribution in [0.2, 0.25) is 0 Å². The second-order valence-electron chi connectivity index (χ2n) is 3.87. The molecule has 0 radical (unpaired) electrons. The van der Waals surface area contributed by atoms with Crippen LogP contribution in [-0.4, -0.2) is 29.7 Å². The molecule has 0 aromatic heterocycles. The number of aliphatic hydroxyl groups is 1. The number of ether oxygens (including phenoxy) is 1. The molecule has 0 aromatic carbocycles. The molecule has 3 heteroatoms. The fraction of sp³-hybridized carbons (Fsp3) is 0.909. The lowest BCUT2D eigenvalue weighted by Crippen LogP contribution is -2.15. The van der Waals surface area contributed by atoms with Gasteiger partial charge in [-0.05, 0) is 33.6 Å². The first kappa shape index (κ1) is 13.6. The summed E-state index contributed by atoms with van der Waals surface area (Å²) in [5.74, 6) is -0.0604. The van der Waals surface area contributed by atoms with E-state index in [9.17, 15) is 4.79 Å². The maximum Gasteiger partial charge on any atom is 0.160 e. The van der Waals surface area contributed by atoms with Gasteiger partial charge in [-0.2, -0.15) is 0 Å². The van der Waals surface area contributed by atoms with Gasteiger partial charge in [-0.25, -0.2) is 0 Å². The van der Waals surface area contributed by atoms with Gasteiger partial charge in [0.25, 0.3) is 0 Å². The first-order valence-electron chi connectivity index (χ1n) is 5.36. The average Bonchev–Trinajstić information content (AvgIpc) is 2.09. The molecule has 1 atom stereocenters. The zero-order valence-corrected chi connectivity index (χ0v) is 9.45. The van der Waals surface area contributed by atoms with Gasteiger partial charge in [0.2, 0.25) is 0 Å². The Morgan fingerprint density at radius 1 is 1.21 bits per heavy atom. The molecule has 1 unspecified atom stereocenters. The average molecular weight is 202 g/mol. The van der Waals surface area contributed by atoms with E-state index < -0.39 is 6.10 Å². The van der Waals surface area contributed by atoms with Gasteiger partial charge in [0, 0.05) is 13.0 Å². The van der Waals surface area contributed by atoms with Gasteiger partial charge in [0.1, 0.15) is 6.10 Å². The van der Waals surface area contributed by atoms with Crippen LogP contribution < -0.4 is 0 Å². The Morgan fingerprint density at radius 3 is 2.36 bits per heavy atom. The van der Waals surface area contributed by atoms with Crippen LogP contribution in [-0.2, 0) is 9.53 Å². The molecule has 14 heavy (non-hydrogen) atoms. The Balaban J connectivity index is 3.18. The minimum absolute atomic E-state index is 0.0604. The summed E-state index contributed by atoms with van der Waals surface area (Å²) in [5, 5.41) is 8.92. The molecule has 0 saturated heterocycles. The summed E-state index contributed by atoms with van der Waals surface area (Å²) in [7, 11) is 0. The van der Waals surface area contributed by atoms with Crippen LogP contribution in [0.15, 0.2) is 0 Å². The summed E-state index contributed by atoms with van der Waals surface area (Å²) in [6.45, 7) is 6.30. The van der Waals surface area contributed by atoms with E-state index in [-0.39, 0.29) is 11.9 Å². The van der Waals surface area contributed by atoms with Crippen molar-refractivity contribution in [2.75, 3.05) is 6.61 Å². The highest BCUT2D eigenvalue weighted by Gasteiger charge is 2.07. The van der Waals surface area contributed by atoms with Gasteiger partial charge in [-0.15, -0.1) is 0 Å². The highest BCUT2D eigenvalue weighted by Crippen LogP contribution is 2.03. The van der Waals surface area contributed by atoms with Crippen LogP contribution in [0.1, 0.15) is 46.5 Å². The zero-order chi connectivity index (χ0) is 11.0. The third-order valence-electron chi connectivity index (χ3n) is 1.98. The van der Waals surface area contributed by atoms with Crippen LogP contribution in [0.4, 0.5) is 0 Å². The van der Waals surface area contributed by atoms with Crippen molar-refractivity contribution >= 4 is 5.78 Å². The van der Waals surface area contributed by atoms with Crippen LogP contribution in [0.5, 0.6) is 0 Å². The number of hydrogen-bond acceptors (Lipinski definition) is 3. The van der Waals surface area contributed by atoms with Gasteiger partial charge in [0.05, 0.1) is 6.10 Å². The molecular weight excluding hydrogens is 180 g/mol. The summed E-state index contributed by atoms with van der Waals surface area (Å²) in [4.78, 5) is 11.0. The number of hydrogen-bond donors (Lipinski definition) is 1. The van der Waals surface area contributed by atoms with Crippen molar-refractivity contribution in [2.45, 2.75) is 58.7 Å². The molecule has 0 aliphatic carbocycles. The highest BCUT2D eigenvalue weighted by atomic mass is 16.5. The molecule has 0 heterocycles. The van der Waals surface area contributed by atoms with Crippen LogP contribution in [0, 0.1) is 0 Å².